The Kier molecular flexibility index (Phi) is 13.6. The van der Waals surface area contributed by atoms with E-state index in [-0.39, 0.29) is 36.0 Å². The quantitative estimate of drug-likeness (QED) is 0.0763. The monoisotopic (exact) mass is 735 g/mol. The number of benzene rings is 1. The van der Waals surface area contributed by atoms with E-state index in [0.29, 0.717) is 43.8 Å². The van der Waals surface area contributed by atoms with Gasteiger partial charge in [-0.2, -0.15) is 5.26 Å². The summed E-state index contributed by atoms with van der Waals surface area (Å²) >= 11 is 2.43. The smallest absolute Gasteiger partial charge is 0.350 e. The van der Waals surface area contributed by atoms with E-state index in [1.807, 2.05) is 13.0 Å². The molecule has 4 saturated carbocycles. The molecule has 1 heterocycles. The number of ether oxygens (including phenoxy) is 3. The zero-order chi connectivity index (χ0) is 35.9. The van der Waals surface area contributed by atoms with E-state index in [1.54, 1.807) is 12.1 Å². The van der Waals surface area contributed by atoms with Crippen molar-refractivity contribution in [2.75, 3.05) is 6.61 Å². The highest BCUT2D eigenvalue weighted by molar-refractivity contribution is 8.24. The molecule has 0 atom stereocenters. The molecule has 0 aromatic heterocycles. The van der Waals surface area contributed by atoms with Gasteiger partial charge in [0.2, 0.25) is 0 Å². The molecule has 4 fully saturated rings. The molecule has 0 saturated heterocycles. The van der Waals surface area contributed by atoms with Crippen LogP contribution in [0, 0.1) is 58.7 Å². The van der Waals surface area contributed by atoms with Crippen LogP contribution < -0.4 is 9.47 Å². The average Bonchev–Trinajstić information content (AvgIpc) is 3.59. The standard InChI is InChI=1S/C42H57NO6S2/c1-4-5-24-47-41(46)34(25-43)42-50-37-35(48-39(44)32-18-14-30(15-19-32)28-10-6-26(2)7-11-28)22-23-36(38(37)51-42)49-40(45)33-20-16-31(17-21-33)29-12-8-27(3)9-13-29/h22-23,26-33H,4-21,24H2,1-3H3. The number of rotatable bonds is 10. The molecule has 4 aliphatic carbocycles. The molecule has 0 N–H and O–H groups in total. The number of unbranched alkanes of at least 4 members (excludes halogenated alkanes) is 1. The van der Waals surface area contributed by atoms with E-state index in [9.17, 15) is 19.6 Å². The number of carbonyl (C=O) groups is 3. The molecule has 1 aromatic rings. The van der Waals surface area contributed by atoms with E-state index in [2.05, 4.69) is 13.8 Å². The lowest BCUT2D eigenvalue weighted by Crippen LogP contribution is -2.30. The van der Waals surface area contributed by atoms with Gasteiger partial charge in [-0.25, -0.2) is 4.79 Å². The van der Waals surface area contributed by atoms with Crippen molar-refractivity contribution in [2.24, 2.45) is 47.3 Å². The van der Waals surface area contributed by atoms with Crippen molar-refractivity contribution in [3.8, 4) is 17.6 Å². The lowest BCUT2D eigenvalue weighted by atomic mass is 9.69. The molecule has 7 nitrogen and oxygen atoms in total. The first kappa shape index (κ1) is 38.3. The van der Waals surface area contributed by atoms with Crippen LogP contribution in [-0.2, 0) is 19.1 Å². The third-order valence-corrected chi connectivity index (χ3v) is 15.4. The van der Waals surface area contributed by atoms with Crippen LogP contribution in [0.1, 0.15) is 136 Å². The second kappa shape index (κ2) is 18.1. The number of esters is 3. The maximum atomic E-state index is 13.6. The molecule has 51 heavy (non-hydrogen) atoms. The molecule has 0 radical (unpaired) electrons. The second-order valence-electron chi connectivity index (χ2n) is 16.3. The molecular weight excluding hydrogens is 679 g/mol. The van der Waals surface area contributed by atoms with Gasteiger partial charge in [0.15, 0.2) is 5.57 Å². The van der Waals surface area contributed by atoms with Crippen LogP contribution in [0.4, 0.5) is 0 Å². The Morgan fingerprint density at radius 1 is 0.667 bits per heavy atom. The number of hydrogen-bond acceptors (Lipinski definition) is 9. The molecule has 1 aliphatic heterocycles. The number of carbonyl (C=O) groups excluding carboxylic acids is 3. The van der Waals surface area contributed by atoms with Crippen molar-refractivity contribution < 1.29 is 28.6 Å². The van der Waals surface area contributed by atoms with Crippen LogP contribution in [-0.4, -0.2) is 24.5 Å². The fourth-order valence-corrected chi connectivity index (χ4v) is 11.9. The number of thioether (sulfide) groups is 2. The Labute approximate surface area is 313 Å². The highest BCUT2D eigenvalue weighted by Gasteiger charge is 2.37. The molecule has 0 amide bonds. The van der Waals surface area contributed by atoms with Crippen LogP contribution in [0.5, 0.6) is 11.5 Å². The van der Waals surface area contributed by atoms with Crippen molar-refractivity contribution in [3.05, 3.63) is 21.9 Å². The normalized spacial score (nSPS) is 30.8. The summed E-state index contributed by atoms with van der Waals surface area (Å²) in [4.78, 5) is 41.3. The zero-order valence-corrected chi connectivity index (χ0v) is 32.6. The molecule has 9 heteroatoms. The number of nitriles is 1. The summed E-state index contributed by atoms with van der Waals surface area (Å²) in [5, 5.41) is 10.0. The van der Waals surface area contributed by atoms with E-state index < -0.39 is 5.97 Å². The van der Waals surface area contributed by atoms with Gasteiger partial charge >= 0.3 is 17.9 Å². The molecule has 278 valence electrons. The summed E-state index contributed by atoms with van der Waals surface area (Å²) < 4.78 is 18.1. The van der Waals surface area contributed by atoms with Gasteiger partial charge in [0, 0.05) is 0 Å². The van der Waals surface area contributed by atoms with Crippen molar-refractivity contribution in [2.45, 2.75) is 146 Å². The lowest BCUT2D eigenvalue weighted by Gasteiger charge is -2.36. The largest absolute Gasteiger partial charge is 0.462 e. The van der Waals surface area contributed by atoms with E-state index in [1.165, 1.54) is 74.9 Å². The van der Waals surface area contributed by atoms with E-state index in [4.69, 9.17) is 14.2 Å². The van der Waals surface area contributed by atoms with Gasteiger partial charge in [0.05, 0.1) is 32.5 Å². The molecule has 5 aliphatic rings. The Morgan fingerprint density at radius 3 is 1.43 bits per heavy atom. The van der Waals surface area contributed by atoms with Gasteiger partial charge in [-0.3, -0.25) is 9.59 Å². The minimum atomic E-state index is -0.667. The minimum absolute atomic E-state index is 0.0855. The zero-order valence-electron chi connectivity index (χ0n) is 30.9. The predicted molar refractivity (Wildman–Crippen MR) is 201 cm³/mol. The van der Waals surface area contributed by atoms with E-state index in [0.717, 1.165) is 81.5 Å². The number of nitrogens with zero attached hydrogens (tertiary/aromatic N) is 1. The fourth-order valence-electron chi connectivity index (χ4n) is 9.30. The summed E-state index contributed by atoms with van der Waals surface area (Å²) in [6, 6.07) is 5.46. The van der Waals surface area contributed by atoms with Gasteiger partial charge in [-0.05, 0) is 131 Å². The van der Waals surface area contributed by atoms with Crippen LogP contribution in [0.25, 0.3) is 0 Å². The SMILES string of the molecule is CCCCOC(=O)C(C#N)=C1Sc2c(OC(=O)C3CCC(C4CCC(C)CC4)CC3)ccc(OC(=O)C3CCC(C4CCC(C)CC4)CC3)c2S1. The van der Waals surface area contributed by atoms with Crippen LogP contribution in [0.2, 0.25) is 0 Å². The lowest BCUT2D eigenvalue weighted by molar-refractivity contribution is -0.141. The van der Waals surface area contributed by atoms with Gasteiger partial charge < -0.3 is 14.2 Å². The van der Waals surface area contributed by atoms with Crippen molar-refractivity contribution in [1.82, 2.24) is 0 Å². The third kappa shape index (κ3) is 9.57. The minimum Gasteiger partial charge on any atom is -0.462 e. The summed E-state index contributed by atoms with van der Waals surface area (Å²) in [5.41, 5.74) is -0.0855. The molecule has 0 bridgehead atoms. The van der Waals surface area contributed by atoms with Gasteiger partial charge in [-0.15, -0.1) is 0 Å². The summed E-state index contributed by atoms with van der Waals surface area (Å²) in [6.45, 7) is 6.96. The molecule has 6 rings (SSSR count). The Bertz CT molecular complexity index is 1380. The first-order valence-electron chi connectivity index (χ1n) is 20.0. The third-order valence-electron chi connectivity index (χ3n) is 12.8. The van der Waals surface area contributed by atoms with Gasteiger partial charge in [0.1, 0.15) is 17.6 Å². The number of hydrogen-bond donors (Lipinski definition) is 0. The molecule has 1 aromatic carbocycles. The summed E-state index contributed by atoms with van der Waals surface area (Å²) in [5.74, 6) is 3.97. The molecule has 0 spiro atoms. The van der Waals surface area contributed by atoms with Gasteiger partial charge in [-0.1, -0.05) is 76.4 Å². The summed E-state index contributed by atoms with van der Waals surface area (Å²) in [7, 11) is 0. The Hall–Kier alpha value is -2.44. The van der Waals surface area contributed by atoms with Crippen molar-refractivity contribution in [1.29, 1.82) is 5.26 Å². The first-order chi connectivity index (χ1) is 24.7. The van der Waals surface area contributed by atoms with Gasteiger partial charge in [0.25, 0.3) is 0 Å². The first-order valence-corrected chi connectivity index (χ1v) is 21.6. The highest BCUT2D eigenvalue weighted by atomic mass is 32.2. The Morgan fingerprint density at radius 2 is 1.06 bits per heavy atom. The average molecular weight is 736 g/mol. The highest BCUT2D eigenvalue weighted by Crippen LogP contribution is 2.59. The number of fused-ring (bicyclic) bond motifs is 1. The Balaban J connectivity index is 1.14. The summed E-state index contributed by atoms with van der Waals surface area (Å²) in [6.07, 6.45) is 19.7. The van der Waals surface area contributed by atoms with Crippen LogP contribution in [0.15, 0.2) is 31.7 Å². The van der Waals surface area contributed by atoms with Crippen LogP contribution in [0.3, 0.4) is 0 Å². The fraction of sp³-hybridized carbons (Fsp3) is 0.714. The van der Waals surface area contributed by atoms with Crippen molar-refractivity contribution >= 4 is 41.4 Å². The van der Waals surface area contributed by atoms with Crippen LogP contribution >= 0.6 is 23.5 Å². The predicted octanol–water partition coefficient (Wildman–Crippen LogP) is 11.0. The molecule has 0 unspecified atom stereocenters. The second-order valence-corrected chi connectivity index (χ2v) is 18.6. The van der Waals surface area contributed by atoms with Crippen molar-refractivity contribution in [3.63, 3.8) is 0 Å². The topological polar surface area (TPSA) is 103 Å². The maximum absolute atomic E-state index is 13.6. The molecular formula is C42H57NO6S2. The van der Waals surface area contributed by atoms with E-state index >= 15 is 0 Å². The maximum Gasteiger partial charge on any atom is 0.350 e.